The molecule has 0 aliphatic carbocycles. The normalized spacial score (nSPS) is 10.7. The van der Waals surface area contributed by atoms with E-state index in [1.165, 1.54) is 18.2 Å². The summed E-state index contributed by atoms with van der Waals surface area (Å²) in [6, 6.07) is 12.4. The summed E-state index contributed by atoms with van der Waals surface area (Å²) in [4.78, 5) is 18.2. The minimum absolute atomic E-state index is 0. The molecule has 0 saturated heterocycles. The van der Waals surface area contributed by atoms with Crippen LogP contribution in [0.3, 0.4) is 0 Å². The zero-order chi connectivity index (χ0) is 20.4. The SMILES string of the molecule is CCNC(=NCC(=O)Nc1ccc(O)cc1)N(C)CCOc1ccccc1F.I. The van der Waals surface area contributed by atoms with Crippen LogP contribution >= 0.6 is 24.0 Å². The maximum atomic E-state index is 13.6. The van der Waals surface area contributed by atoms with E-state index in [0.29, 0.717) is 24.7 Å². The van der Waals surface area contributed by atoms with Crippen molar-refractivity contribution in [3.05, 3.63) is 54.3 Å². The highest BCUT2D eigenvalue weighted by atomic mass is 127. The first kappa shape index (κ1) is 24.5. The highest BCUT2D eigenvalue weighted by molar-refractivity contribution is 14.0. The molecule has 2 rings (SSSR count). The molecule has 0 atom stereocenters. The van der Waals surface area contributed by atoms with Crippen LogP contribution in [-0.4, -0.2) is 55.2 Å². The zero-order valence-electron chi connectivity index (χ0n) is 16.4. The summed E-state index contributed by atoms with van der Waals surface area (Å²) in [5.74, 6) is 0.185. The van der Waals surface area contributed by atoms with Crippen molar-refractivity contribution in [2.45, 2.75) is 6.92 Å². The van der Waals surface area contributed by atoms with Crippen molar-refractivity contribution >= 4 is 41.5 Å². The van der Waals surface area contributed by atoms with Gasteiger partial charge >= 0.3 is 0 Å². The predicted molar refractivity (Wildman–Crippen MR) is 123 cm³/mol. The van der Waals surface area contributed by atoms with E-state index in [4.69, 9.17) is 4.74 Å². The molecule has 3 N–H and O–H groups in total. The van der Waals surface area contributed by atoms with Crippen LogP contribution in [0.1, 0.15) is 6.92 Å². The maximum Gasteiger partial charge on any atom is 0.246 e. The Morgan fingerprint density at radius 1 is 1.21 bits per heavy atom. The van der Waals surface area contributed by atoms with Crippen molar-refractivity contribution in [1.82, 2.24) is 10.2 Å². The molecule has 0 unspecified atom stereocenters. The summed E-state index contributed by atoms with van der Waals surface area (Å²) >= 11 is 0. The molecule has 0 radical (unpaired) electrons. The van der Waals surface area contributed by atoms with Gasteiger partial charge in [-0.05, 0) is 43.3 Å². The van der Waals surface area contributed by atoms with Crippen molar-refractivity contribution in [1.29, 1.82) is 0 Å². The van der Waals surface area contributed by atoms with Crippen LogP contribution in [0.4, 0.5) is 10.1 Å². The van der Waals surface area contributed by atoms with Crippen LogP contribution in [0.2, 0.25) is 0 Å². The van der Waals surface area contributed by atoms with Gasteiger partial charge in [0.25, 0.3) is 0 Å². The molecule has 158 valence electrons. The Balaban J connectivity index is 0.00000420. The fourth-order valence-corrected chi connectivity index (χ4v) is 2.32. The van der Waals surface area contributed by atoms with E-state index in [1.807, 2.05) is 14.0 Å². The van der Waals surface area contributed by atoms with Gasteiger partial charge in [-0.1, -0.05) is 12.1 Å². The van der Waals surface area contributed by atoms with Gasteiger partial charge in [-0.3, -0.25) is 4.79 Å². The molecule has 9 heteroatoms. The van der Waals surface area contributed by atoms with Gasteiger partial charge in [0.2, 0.25) is 5.91 Å². The largest absolute Gasteiger partial charge is 0.508 e. The molecule has 7 nitrogen and oxygen atoms in total. The molecule has 2 aromatic carbocycles. The van der Waals surface area contributed by atoms with Crippen molar-refractivity contribution < 1.29 is 19.0 Å². The maximum absolute atomic E-state index is 13.6. The van der Waals surface area contributed by atoms with E-state index in [9.17, 15) is 14.3 Å². The second kappa shape index (κ2) is 12.8. The Bertz CT molecular complexity index is 803. The number of nitrogens with one attached hydrogen (secondary N) is 2. The van der Waals surface area contributed by atoms with Gasteiger partial charge in [0.15, 0.2) is 17.5 Å². The third kappa shape index (κ3) is 8.55. The van der Waals surface area contributed by atoms with Crippen LogP contribution in [0.15, 0.2) is 53.5 Å². The number of amides is 1. The number of guanidine groups is 1. The number of para-hydroxylation sites is 1. The Kier molecular flexibility index (Phi) is 10.8. The summed E-state index contributed by atoms with van der Waals surface area (Å²) in [5, 5.41) is 15.1. The number of anilines is 1. The van der Waals surface area contributed by atoms with Gasteiger partial charge in [-0.15, -0.1) is 24.0 Å². The standard InChI is InChI=1S/C20H25FN4O3.HI/c1-3-22-20(23-14-19(27)24-15-8-10-16(26)11-9-15)25(2)12-13-28-18-7-5-4-6-17(18)21;/h4-11,26H,3,12-14H2,1-2H3,(H,22,23)(H,24,27);1H. The fourth-order valence-electron chi connectivity index (χ4n) is 2.32. The topological polar surface area (TPSA) is 86.2 Å². The lowest BCUT2D eigenvalue weighted by Gasteiger charge is -2.22. The van der Waals surface area contributed by atoms with Crippen LogP contribution in [0, 0.1) is 5.82 Å². The predicted octanol–water partition coefficient (Wildman–Crippen LogP) is 3.06. The molecule has 0 heterocycles. The zero-order valence-corrected chi connectivity index (χ0v) is 18.7. The monoisotopic (exact) mass is 516 g/mol. The lowest BCUT2D eigenvalue weighted by Crippen LogP contribution is -2.41. The molecule has 2 aromatic rings. The lowest BCUT2D eigenvalue weighted by atomic mass is 10.3. The number of halogens is 2. The molecule has 0 saturated carbocycles. The van der Waals surface area contributed by atoms with E-state index in [2.05, 4.69) is 15.6 Å². The van der Waals surface area contributed by atoms with Crippen LogP contribution < -0.4 is 15.4 Å². The van der Waals surface area contributed by atoms with Crippen molar-refractivity contribution in [3.8, 4) is 11.5 Å². The van der Waals surface area contributed by atoms with Gasteiger partial charge in [0, 0.05) is 19.3 Å². The van der Waals surface area contributed by atoms with Crippen LogP contribution in [0.25, 0.3) is 0 Å². The molecule has 0 bridgehead atoms. The first-order valence-corrected chi connectivity index (χ1v) is 8.95. The van der Waals surface area contributed by atoms with Gasteiger partial charge in [-0.25, -0.2) is 9.38 Å². The Morgan fingerprint density at radius 3 is 2.55 bits per heavy atom. The van der Waals surface area contributed by atoms with Gasteiger partial charge in [-0.2, -0.15) is 0 Å². The van der Waals surface area contributed by atoms with Crippen LogP contribution in [-0.2, 0) is 4.79 Å². The Labute approximate surface area is 187 Å². The van der Waals surface area contributed by atoms with Gasteiger partial charge in [0.1, 0.15) is 18.9 Å². The highest BCUT2D eigenvalue weighted by Crippen LogP contribution is 2.15. The summed E-state index contributed by atoms with van der Waals surface area (Å²) in [6.45, 7) is 3.22. The quantitative estimate of drug-likeness (QED) is 0.218. The molecule has 0 aromatic heterocycles. The van der Waals surface area contributed by atoms with E-state index in [1.54, 1.807) is 35.2 Å². The van der Waals surface area contributed by atoms with Crippen LogP contribution in [0.5, 0.6) is 11.5 Å². The average Bonchev–Trinajstić information content (AvgIpc) is 2.68. The number of carbonyl (C=O) groups is 1. The van der Waals surface area contributed by atoms with E-state index in [-0.39, 0.29) is 54.5 Å². The average molecular weight is 516 g/mol. The summed E-state index contributed by atoms with van der Waals surface area (Å²) < 4.78 is 19.0. The number of aliphatic imine (C=N–C) groups is 1. The smallest absolute Gasteiger partial charge is 0.246 e. The molecule has 0 fully saturated rings. The molecule has 0 aliphatic heterocycles. The summed E-state index contributed by atoms with van der Waals surface area (Å²) in [7, 11) is 1.81. The number of phenols is 1. The Hall–Kier alpha value is -2.56. The molecular weight excluding hydrogens is 490 g/mol. The number of phenolic OH excluding ortho intramolecular Hbond substituents is 1. The van der Waals surface area contributed by atoms with E-state index in [0.717, 1.165) is 0 Å². The van der Waals surface area contributed by atoms with Crippen molar-refractivity contribution in [2.75, 3.05) is 38.6 Å². The number of aromatic hydroxyl groups is 1. The number of ether oxygens (including phenoxy) is 1. The van der Waals surface area contributed by atoms with E-state index >= 15 is 0 Å². The summed E-state index contributed by atoms with van der Waals surface area (Å²) in [5.41, 5.74) is 0.578. The third-order valence-electron chi connectivity index (χ3n) is 3.74. The first-order chi connectivity index (χ1) is 13.5. The Morgan fingerprint density at radius 2 is 1.90 bits per heavy atom. The van der Waals surface area contributed by atoms with E-state index < -0.39 is 5.82 Å². The number of likely N-dealkylation sites (N-methyl/N-ethyl adjacent to an activating group) is 1. The number of hydrogen-bond donors (Lipinski definition) is 3. The van der Waals surface area contributed by atoms with Crippen molar-refractivity contribution in [2.24, 2.45) is 4.99 Å². The second-order valence-electron chi connectivity index (χ2n) is 5.97. The summed E-state index contributed by atoms with van der Waals surface area (Å²) in [6.07, 6.45) is 0. The third-order valence-corrected chi connectivity index (χ3v) is 3.74. The number of carbonyl (C=O) groups excluding carboxylic acids is 1. The number of benzene rings is 2. The molecule has 29 heavy (non-hydrogen) atoms. The molecule has 0 spiro atoms. The number of rotatable bonds is 8. The number of nitrogens with zero attached hydrogens (tertiary/aromatic N) is 2. The first-order valence-electron chi connectivity index (χ1n) is 8.95. The minimum atomic E-state index is -0.406. The molecule has 0 aliphatic rings. The second-order valence-corrected chi connectivity index (χ2v) is 5.97. The van der Waals surface area contributed by atoms with Crippen molar-refractivity contribution in [3.63, 3.8) is 0 Å². The lowest BCUT2D eigenvalue weighted by molar-refractivity contribution is -0.114. The minimum Gasteiger partial charge on any atom is -0.508 e. The molecular formula is C20H26FIN4O3. The highest BCUT2D eigenvalue weighted by Gasteiger charge is 2.09. The van der Waals surface area contributed by atoms with Gasteiger partial charge < -0.3 is 25.4 Å². The molecule has 1 amide bonds. The fraction of sp³-hybridized carbons (Fsp3) is 0.300. The van der Waals surface area contributed by atoms with Gasteiger partial charge in [0.05, 0.1) is 6.54 Å². The number of hydrogen-bond acceptors (Lipinski definition) is 4.